The van der Waals surface area contributed by atoms with Gasteiger partial charge < -0.3 is 24.4 Å². The van der Waals surface area contributed by atoms with Crippen molar-refractivity contribution in [2.75, 3.05) is 24.8 Å². The second kappa shape index (κ2) is 11.8. The zero-order valence-electron chi connectivity index (χ0n) is 25.6. The highest BCUT2D eigenvalue weighted by Gasteiger charge is 2.40. The molecule has 5 aromatic rings. The van der Waals surface area contributed by atoms with E-state index in [0.29, 0.717) is 41.3 Å². The summed E-state index contributed by atoms with van der Waals surface area (Å²) in [6.07, 6.45) is 7.01. The van der Waals surface area contributed by atoms with E-state index in [2.05, 4.69) is 15.0 Å². The maximum Gasteiger partial charge on any atom is 0.337 e. The Balaban J connectivity index is 1.11. The number of ether oxygens (including phenoxy) is 2. The van der Waals surface area contributed by atoms with Gasteiger partial charge in [-0.3, -0.25) is 14.5 Å². The first-order valence-corrected chi connectivity index (χ1v) is 16.2. The molecule has 0 spiro atoms. The standard InChI is InChI=1S/C35H28Cl2FN5O5/c1-41-13-20-11-39-12-26(32(20)40-41)19-7-27(36)31(28(37)8-19)34(44)42-14-18-3-2-4-23(33(18)48-17-42)24-10-30(25(35(45)46)9-29(24)38)43-21-5-6-22(43)16-47-15-21/h2-4,7-13,21-22H,5-6,14-17H2,1H3,(H,45,46). The molecule has 1 N–H and O–H groups in total. The highest BCUT2D eigenvalue weighted by Crippen LogP contribution is 2.43. The van der Waals surface area contributed by atoms with Gasteiger partial charge in [-0.15, -0.1) is 0 Å². The number of hydrogen-bond donors (Lipinski definition) is 1. The summed E-state index contributed by atoms with van der Waals surface area (Å²) in [4.78, 5) is 33.9. The predicted octanol–water partition coefficient (Wildman–Crippen LogP) is 6.81. The zero-order valence-corrected chi connectivity index (χ0v) is 27.1. The smallest absolute Gasteiger partial charge is 0.337 e. The highest BCUT2D eigenvalue weighted by atomic mass is 35.5. The van der Waals surface area contributed by atoms with E-state index in [-0.39, 0.29) is 52.1 Å². The molecule has 2 aromatic heterocycles. The number of carbonyl (C=O) groups excluding carboxylic acids is 1. The lowest BCUT2D eigenvalue weighted by molar-refractivity contribution is 0.0516. The molecule has 13 heteroatoms. The molecular formula is C35H28Cl2FN5O5. The van der Waals surface area contributed by atoms with E-state index in [1.165, 1.54) is 4.90 Å². The van der Waals surface area contributed by atoms with Crippen LogP contribution in [0.1, 0.15) is 39.1 Å². The van der Waals surface area contributed by atoms with Gasteiger partial charge in [-0.05, 0) is 42.7 Å². The van der Waals surface area contributed by atoms with Gasteiger partial charge >= 0.3 is 5.97 Å². The first kappa shape index (κ1) is 30.6. The van der Waals surface area contributed by atoms with E-state index >= 15 is 4.39 Å². The molecule has 1 amide bonds. The Morgan fingerprint density at radius 3 is 2.48 bits per heavy atom. The fraction of sp³-hybridized carbons (Fsp3) is 0.257. The maximum absolute atomic E-state index is 15.7. The van der Waals surface area contributed by atoms with Crippen molar-refractivity contribution in [3.05, 3.63) is 93.6 Å². The fourth-order valence-electron chi connectivity index (χ4n) is 7.16. The first-order chi connectivity index (χ1) is 23.2. The minimum atomic E-state index is -1.20. The van der Waals surface area contributed by atoms with Crippen LogP contribution in [0.3, 0.4) is 0 Å². The Morgan fingerprint density at radius 1 is 1.00 bits per heavy atom. The van der Waals surface area contributed by atoms with Crippen molar-refractivity contribution in [1.82, 2.24) is 19.7 Å². The molecule has 3 aliphatic heterocycles. The molecule has 48 heavy (non-hydrogen) atoms. The summed E-state index contributed by atoms with van der Waals surface area (Å²) < 4.78 is 29.3. The van der Waals surface area contributed by atoms with Crippen LogP contribution < -0.4 is 9.64 Å². The number of nitrogens with zero attached hydrogens (tertiary/aromatic N) is 5. The summed E-state index contributed by atoms with van der Waals surface area (Å²) in [6.45, 7) is 1.00. The molecule has 10 nitrogen and oxygen atoms in total. The lowest BCUT2D eigenvalue weighted by Gasteiger charge is -2.37. The van der Waals surface area contributed by atoms with E-state index in [1.807, 2.05) is 13.2 Å². The quantitative estimate of drug-likeness (QED) is 0.215. The van der Waals surface area contributed by atoms with Crippen molar-refractivity contribution >= 4 is 51.7 Å². The number of carboxylic acid groups (broad SMARTS) is 1. The van der Waals surface area contributed by atoms with Crippen molar-refractivity contribution in [2.24, 2.45) is 7.05 Å². The lowest BCUT2D eigenvalue weighted by atomic mass is 9.96. The van der Waals surface area contributed by atoms with Gasteiger partial charge in [0.2, 0.25) is 0 Å². The van der Waals surface area contributed by atoms with E-state index < -0.39 is 17.7 Å². The molecule has 3 aromatic carbocycles. The number of pyridine rings is 1. The van der Waals surface area contributed by atoms with E-state index in [4.69, 9.17) is 32.7 Å². The summed E-state index contributed by atoms with van der Waals surface area (Å²) in [7, 11) is 1.82. The molecule has 2 fully saturated rings. The van der Waals surface area contributed by atoms with Crippen LogP contribution in [-0.4, -0.2) is 68.7 Å². The minimum absolute atomic E-state index is 0.0220. The number of aromatic carboxylic acids is 1. The number of carboxylic acids is 1. The monoisotopic (exact) mass is 687 g/mol. The van der Waals surface area contributed by atoms with Crippen molar-refractivity contribution < 1.29 is 28.6 Å². The van der Waals surface area contributed by atoms with Crippen LogP contribution in [0.25, 0.3) is 33.2 Å². The average Bonchev–Trinajstić information content (AvgIpc) is 3.57. The number of aromatic nitrogens is 3. The topological polar surface area (TPSA) is 110 Å². The zero-order chi connectivity index (χ0) is 33.3. The number of anilines is 1. The number of aryl methyl sites for hydroxylation is 1. The average molecular weight is 689 g/mol. The Bertz CT molecular complexity index is 2120. The molecule has 3 aliphatic rings. The number of para-hydroxylation sites is 1. The molecular weight excluding hydrogens is 660 g/mol. The molecule has 2 unspecified atom stereocenters. The van der Waals surface area contributed by atoms with E-state index in [1.54, 1.807) is 53.5 Å². The summed E-state index contributed by atoms with van der Waals surface area (Å²) in [5.74, 6) is -1.88. The van der Waals surface area contributed by atoms with E-state index in [0.717, 1.165) is 35.4 Å². The van der Waals surface area contributed by atoms with Crippen LogP contribution in [0.4, 0.5) is 10.1 Å². The largest absolute Gasteiger partial charge is 0.478 e. The van der Waals surface area contributed by atoms with Gasteiger partial charge in [0, 0.05) is 53.3 Å². The van der Waals surface area contributed by atoms with Crippen molar-refractivity contribution in [1.29, 1.82) is 0 Å². The van der Waals surface area contributed by atoms with Crippen LogP contribution in [0.2, 0.25) is 10.0 Å². The first-order valence-electron chi connectivity index (χ1n) is 15.4. The van der Waals surface area contributed by atoms with E-state index in [9.17, 15) is 14.7 Å². The predicted molar refractivity (Wildman–Crippen MR) is 178 cm³/mol. The Morgan fingerprint density at radius 2 is 1.75 bits per heavy atom. The fourth-order valence-corrected chi connectivity index (χ4v) is 7.81. The number of fused-ring (bicyclic) bond motifs is 4. The molecule has 8 rings (SSSR count). The molecule has 0 radical (unpaired) electrons. The van der Waals surface area contributed by atoms with Gasteiger partial charge in [0.15, 0.2) is 6.73 Å². The van der Waals surface area contributed by atoms with Crippen molar-refractivity contribution in [3.63, 3.8) is 0 Å². The molecule has 2 atom stereocenters. The van der Waals surface area contributed by atoms with Crippen LogP contribution in [0.5, 0.6) is 5.75 Å². The summed E-state index contributed by atoms with van der Waals surface area (Å²) >= 11 is 13.4. The van der Waals surface area contributed by atoms with Crippen LogP contribution in [0, 0.1) is 5.82 Å². The van der Waals surface area contributed by atoms with Gasteiger partial charge in [-0.2, -0.15) is 5.10 Å². The number of hydrogen-bond acceptors (Lipinski definition) is 7. The molecule has 2 saturated heterocycles. The Labute approximate surface area is 284 Å². The van der Waals surface area contributed by atoms with Gasteiger partial charge in [0.1, 0.15) is 17.1 Å². The normalized spacial score (nSPS) is 18.6. The maximum atomic E-state index is 15.7. The van der Waals surface area contributed by atoms with Gasteiger partial charge in [0.25, 0.3) is 5.91 Å². The van der Waals surface area contributed by atoms with Crippen LogP contribution >= 0.6 is 23.2 Å². The van der Waals surface area contributed by atoms with Crippen LogP contribution in [0.15, 0.2) is 61.1 Å². The highest BCUT2D eigenvalue weighted by molar-refractivity contribution is 6.40. The summed E-state index contributed by atoms with van der Waals surface area (Å²) in [6, 6.07) is 11.4. The summed E-state index contributed by atoms with van der Waals surface area (Å²) in [5, 5.41) is 15.7. The van der Waals surface area contributed by atoms with Gasteiger partial charge in [-0.25, -0.2) is 9.18 Å². The van der Waals surface area contributed by atoms with Gasteiger partial charge in [-0.1, -0.05) is 41.4 Å². The van der Waals surface area contributed by atoms with Crippen molar-refractivity contribution in [2.45, 2.75) is 31.5 Å². The Kier molecular flexibility index (Phi) is 7.50. The number of carbonyl (C=O) groups is 2. The number of rotatable bonds is 5. The second-order valence-electron chi connectivity index (χ2n) is 12.3. The molecule has 244 valence electrons. The Hall–Kier alpha value is -4.71. The molecule has 2 bridgehead atoms. The number of benzene rings is 3. The minimum Gasteiger partial charge on any atom is -0.478 e. The lowest BCUT2D eigenvalue weighted by Crippen LogP contribution is -2.46. The molecule has 5 heterocycles. The second-order valence-corrected chi connectivity index (χ2v) is 13.1. The molecule has 0 aliphatic carbocycles. The third kappa shape index (κ3) is 5.04. The number of halogens is 3. The number of morpholine rings is 1. The van der Waals surface area contributed by atoms with Gasteiger partial charge in [0.05, 0.1) is 58.7 Å². The molecule has 0 saturated carbocycles. The van der Waals surface area contributed by atoms with Crippen molar-refractivity contribution in [3.8, 4) is 28.0 Å². The summed E-state index contributed by atoms with van der Waals surface area (Å²) in [5.41, 5.74) is 3.97. The third-order valence-electron chi connectivity index (χ3n) is 9.33. The van der Waals surface area contributed by atoms with Crippen LogP contribution in [-0.2, 0) is 18.3 Å². The SMILES string of the molecule is Cn1cc2cncc(-c3cc(Cl)c(C(=O)N4COc5c(cccc5-c5cc(N6C7CCC6COC7)c(C(=O)O)cc5F)C4)c(Cl)c3)c2n1. The number of amides is 1. The third-order valence-corrected chi connectivity index (χ3v) is 9.93.